The highest BCUT2D eigenvalue weighted by Crippen LogP contribution is 2.17. The zero-order valence-corrected chi connectivity index (χ0v) is 11.1. The number of rotatable bonds is 3. The number of halogens is 1. The molecule has 0 bridgehead atoms. The van der Waals surface area contributed by atoms with Crippen molar-refractivity contribution in [2.75, 3.05) is 5.32 Å². The fourth-order valence-electron chi connectivity index (χ4n) is 1.73. The third-order valence-electron chi connectivity index (χ3n) is 2.74. The van der Waals surface area contributed by atoms with Gasteiger partial charge in [-0.2, -0.15) is 0 Å². The van der Waals surface area contributed by atoms with Crippen molar-refractivity contribution >= 4 is 29.5 Å². The predicted molar refractivity (Wildman–Crippen MR) is 76.0 cm³/mol. The molecule has 0 aliphatic carbocycles. The molecule has 0 radical (unpaired) electrons. The number of nitrogens with one attached hydrogen (secondary N) is 1. The summed E-state index contributed by atoms with van der Waals surface area (Å²) in [5, 5.41) is 3.37. The van der Waals surface area contributed by atoms with Gasteiger partial charge >= 0.3 is 0 Å². The van der Waals surface area contributed by atoms with Crippen molar-refractivity contribution in [2.24, 2.45) is 0 Å². The number of anilines is 1. The molecule has 1 amide bonds. The summed E-state index contributed by atoms with van der Waals surface area (Å²) in [5.74, 6) is -0.201. The highest BCUT2D eigenvalue weighted by Gasteiger charge is 2.09. The summed E-state index contributed by atoms with van der Waals surface area (Å²) in [5.41, 5.74) is 2.60. The Kier molecular flexibility index (Phi) is 3.97. The van der Waals surface area contributed by atoms with E-state index in [-0.39, 0.29) is 5.91 Å². The average molecular weight is 274 g/mol. The van der Waals surface area contributed by atoms with Crippen LogP contribution in [0.1, 0.15) is 26.3 Å². The Labute approximate surface area is 116 Å². The highest BCUT2D eigenvalue weighted by atomic mass is 35.5. The molecule has 19 heavy (non-hydrogen) atoms. The van der Waals surface area contributed by atoms with Gasteiger partial charge in [0.15, 0.2) is 0 Å². The first-order valence-electron chi connectivity index (χ1n) is 5.73. The fourth-order valence-corrected chi connectivity index (χ4v) is 1.95. The van der Waals surface area contributed by atoms with Gasteiger partial charge in [0.2, 0.25) is 0 Å². The average Bonchev–Trinajstić information content (AvgIpc) is 2.39. The van der Waals surface area contributed by atoms with E-state index in [1.54, 1.807) is 42.5 Å². The molecule has 96 valence electrons. The smallest absolute Gasteiger partial charge is 0.255 e. The summed E-state index contributed by atoms with van der Waals surface area (Å²) >= 11 is 5.85. The molecule has 0 saturated carbocycles. The minimum atomic E-state index is -0.201. The van der Waals surface area contributed by atoms with Crippen molar-refractivity contribution in [3.05, 3.63) is 64.2 Å². The zero-order chi connectivity index (χ0) is 13.8. The minimum absolute atomic E-state index is 0.201. The van der Waals surface area contributed by atoms with E-state index in [9.17, 15) is 9.59 Å². The lowest BCUT2D eigenvalue weighted by Gasteiger charge is -2.08. The maximum atomic E-state index is 12.1. The second-order valence-corrected chi connectivity index (χ2v) is 4.59. The Morgan fingerprint density at radius 1 is 1.16 bits per heavy atom. The Balaban J connectivity index is 2.18. The van der Waals surface area contributed by atoms with Crippen molar-refractivity contribution in [1.82, 2.24) is 0 Å². The summed E-state index contributed by atoms with van der Waals surface area (Å²) in [6.45, 7) is 1.83. The van der Waals surface area contributed by atoms with Crippen molar-refractivity contribution in [2.45, 2.75) is 6.92 Å². The van der Waals surface area contributed by atoms with Crippen molar-refractivity contribution in [3.8, 4) is 0 Å². The van der Waals surface area contributed by atoms with E-state index in [0.717, 1.165) is 11.8 Å². The molecule has 2 aromatic rings. The van der Waals surface area contributed by atoms with Gasteiger partial charge in [0.05, 0.1) is 0 Å². The molecule has 0 aliphatic heterocycles. The number of aldehydes is 1. The van der Waals surface area contributed by atoms with E-state index < -0.39 is 0 Å². The van der Waals surface area contributed by atoms with Crippen LogP contribution in [-0.4, -0.2) is 12.2 Å². The summed E-state index contributed by atoms with van der Waals surface area (Å²) in [4.78, 5) is 22.6. The van der Waals surface area contributed by atoms with Gasteiger partial charge in [0.25, 0.3) is 5.91 Å². The first-order valence-corrected chi connectivity index (χ1v) is 6.10. The van der Waals surface area contributed by atoms with Crippen LogP contribution in [0.3, 0.4) is 0 Å². The van der Waals surface area contributed by atoms with Gasteiger partial charge in [-0.1, -0.05) is 11.6 Å². The molecular formula is C15H12ClNO2. The van der Waals surface area contributed by atoms with Gasteiger partial charge < -0.3 is 5.32 Å². The molecule has 3 nitrogen and oxygen atoms in total. The molecule has 0 fully saturated rings. The van der Waals surface area contributed by atoms with E-state index in [1.807, 2.05) is 6.92 Å². The van der Waals surface area contributed by atoms with E-state index >= 15 is 0 Å². The molecule has 0 atom stereocenters. The van der Waals surface area contributed by atoms with Crippen LogP contribution in [0.5, 0.6) is 0 Å². The van der Waals surface area contributed by atoms with Crippen molar-refractivity contribution in [1.29, 1.82) is 0 Å². The van der Waals surface area contributed by atoms with Gasteiger partial charge in [0.1, 0.15) is 6.29 Å². The third-order valence-corrected chi connectivity index (χ3v) is 2.97. The topological polar surface area (TPSA) is 46.2 Å². The number of aryl methyl sites for hydroxylation is 1. The van der Waals surface area contributed by atoms with E-state index in [4.69, 9.17) is 11.6 Å². The summed E-state index contributed by atoms with van der Waals surface area (Å²) < 4.78 is 0. The third kappa shape index (κ3) is 3.20. The molecular weight excluding hydrogens is 262 g/mol. The van der Waals surface area contributed by atoms with Gasteiger partial charge in [-0.05, 0) is 55.0 Å². The van der Waals surface area contributed by atoms with Crippen molar-refractivity contribution < 1.29 is 9.59 Å². The number of carbonyl (C=O) groups excluding carboxylic acids is 2. The minimum Gasteiger partial charge on any atom is -0.322 e. The quantitative estimate of drug-likeness (QED) is 0.867. The fraction of sp³-hybridized carbons (Fsp3) is 0.0667. The number of carbonyl (C=O) groups is 2. The van der Waals surface area contributed by atoms with Gasteiger partial charge in [0, 0.05) is 21.8 Å². The van der Waals surface area contributed by atoms with Crippen LogP contribution in [0.4, 0.5) is 5.69 Å². The molecule has 0 heterocycles. The Hall–Kier alpha value is -2.13. The SMILES string of the molecule is Cc1cc(Cl)ccc1C(=O)Nc1ccc(C=O)cc1. The van der Waals surface area contributed by atoms with Crippen LogP contribution in [0.2, 0.25) is 5.02 Å². The molecule has 1 N–H and O–H groups in total. The molecule has 4 heteroatoms. The molecule has 2 aromatic carbocycles. The Bertz CT molecular complexity index is 621. The van der Waals surface area contributed by atoms with Gasteiger partial charge in [-0.3, -0.25) is 9.59 Å². The molecule has 2 rings (SSSR count). The first-order chi connectivity index (χ1) is 9.10. The number of benzene rings is 2. The Morgan fingerprint density at radius 3 is 2.42 bits per heavy atom. The van der Waals surface area contributed by atoms with E-state index in [0.29, 0.717) is 21.8 Å². The zero-order valence-electron chi connectivity index (χ0n) is 10.3. The standard InChI is InChI=1S/C15H12ClNO2/c1-10-8-12(16)4-7-14(10)15(19)17-13-5-2-11(9-18)3-6-13/h2-9H,1H3,(H,17,19). The van der Waals surface area contributed by atoms with Crippen LogP contribution in [0.25, 0.3) is 0 Å². The van der Waals surface area contributed by atoms with Crippen LogP contribution < -0.4 is 5.32 Å². The molecule has 0 spiro atoms. The lowest BCUT2D eigenvalue weighted by Crippen LogP contribution is -2.13. The maximum Gasteiger partial charge on any atom is 0.255 e. The number of hydrogen-bond donors (Lipinski definition) is 1. The van der Waals surface area contributed by atoms with E-state index in [2.05, 4.69) is 5.32 Å². The van der Waals surface area contributed by atoms with E-state index in [1.165, 1.54) is 0 Å². The lowest BCUT2D eigenvalue weighted by atomic mass is 10.1. The monoisotopic (exact) mass is 273 g/mol. The summed E-state index contributed by atoms with van der Waals surface area (Å²) in [6, 6.07) is 11.8. The molecule has 0 unspecified atom stereocenters. The van der Waals surface area contributed by atoms with Crippen LogP contribution in [-0.2, 0) is 0 Å². The second-order valence-electron chi connectivity index (χ2n) is 4.15. The summed E-state index contributed by atoms with van der Waals surface area (Å²) in [7, 11) is 0. The number of amides is 1. The lowest BCUT2D eigenvalue weighted by molar-refractivity contribution is 0.102. The van der Waals surface area contributed by atoms with Crippen LogP contribution in [0, 0.1) is 6.92 Å². The molecule has 0 aromatic heterocycles. The molecule has 0 aliphatic rings. The second kappa shape index (κ2) is 5.67. The van der Waals surface area contributed by atoms with Crippen LogP contribution >= 0.6 is 11.6 Å². The van der Waals surface area contributed by atoms with Gasteiger partial charge in [-0.25, -0.2) is 0 Å². The van der Waals surface area contributed by atoms with Crippen molar-refractivity contribution in [3.63, 3.8) is 0 Å². The number of hydrogen-bond acceptors (Lipinski definition) is 2. The van der Waals surface area contributed by atoms with Crippen LogP contribution in [0.15, 0.2) is 42.5 Å². The normalized spacial score (nSPS) is 10.0. The maximum absolute atomic E-state index is 12.1. The predicted octanol–water partition coefficient (Wildman–Crippen LogP) is 3.71. The molecule has 0 saturated heterocycles. The highest BCUT2D eigenvalue weighted by molar-refractivity contribution is 6.30. The first kappa shape index (κ1) is 13.3. The van der Waals surface area contributed by atoms with Gasteiger partial charge in [-0.15, -0.1) is 0 Å². The Morgan fingerprint density at radius 2 is 1.84 bits per heavy atom. The largest absolute Gasteiger partial charge is 0.322 e. The summed E-state index contributed by atoms with van der Waals surface area (Å²) in [6.07, 6.45) is 0.759.